The number of nitrogen functional groups attached to an aromatic ring is 1. The zero-order chi connectivity index (χ0) is 20.9. The molecule has 1 aromatic carbocycles. The molecule has 4 N–H and O–H groups in total. The van der Waals surface area contributed by atoms with E-state index >= 15 is 0 Å². The van der Waals surface area contributed by atoms with Gasteiger partial charge in [0.15, 0.2) is 5.65 Å². The van der Waals surface area contributed by atoms with E-state index < -0.39 is 0 Å². The predicted octanol–water partition coefficient (Wildman–Crippen LogP) is 2.40. The minimum Gasteiger partial charge on any atom is -0.471 e. The number of benzene rings is 1. The highest BCUT2D eigenvalue weighted by atomic mass is 16.5. The normalized spacial score (nSPS) is 10.8. The lowest BCUT2D eigenvalue weighted by Gasteiger charge is -2.09. The van der Waals surface area contributed by atoms with Crippen LogP contribution in [0.4, 0.5) is 5.95 Å². The van der Waals surface area contributed by atoms with Crippen molar-refractivity contribution in [3.05, 3.63) is 71.3 Å². The third-order valence-electron chi connectivity index (χ3n) is 4.57. The lowest BCUT2D eigenvalue weighted by molar-refractivity contribution is 0.0950. The molecule has 0 bridgehead atoms. The Morgan fingerprint density at radius 3 is 2.63 bits per heavy atom. The first-order chi connectivity index (χ1) is 14.6. The summed E-state index contributed by atoms with van der Waals surface area (Å²) in [7, 11) is 0. The van der Waals surface area contributed by atoms with E-state index in [2.05, 4.69) is 30.2 Å². The maximum atomic E-state index is 12.3. The number of hydrogen-bond acceptors (Lipinski definition) is 7. The summed E-state index contributed by atoms with van der Waals surface area (Å²) in [5.74, 6) is 0.312. The number of anilines is 1. The standard InChI is InChI=1S/C21H21N7O2/c1-2-16-8-7-15(10-23-16)19(29)24-9-13-3-5-14(6-4-13)11-30-20-17-18(26-12-25-17)27-21(22)28-20/h3-8,10,12H,2,9,11H2,1H3,(H,24,29)(H3,22,25,26,27,28). The maximum absolute atomic E-state index is 12.3. The number of pyridine rings is 1. The molecule has 9 heteroatoms. The lowest BCUT2D eigenvalue weighted by Crippen LogP contribution is -2.23. The van der Waals surface area contributed by atoms with E-state index in [1.807, 2.05) is 37.3 Å². The van der Waals surface area contributed by atoms with Gasteiger partial charge in [-0.15, -0.1) is 0 Å². The number of aromatic amines is 1. The number of aryl methyl sites for hydroxylation is 1. The topological polar surface area (TPSA) is 132 Å². The van der Waals surface area contributed by atoms with Crippen molar-refractivity contribution in [3.8, 4) is 5.88 Å². The fourth-order valence-electron chi connectivity index (χ4n) is 2.88. The van der Waals surface area contributed by atoms with Crippen LogP contribution in [0.2, 0.25) is 0 Å². The van der Waals surface area contributed by atoms with E-state index in [1.54, 1.807) is 12.3 Å². The molecular weight excluding hydrogens is 382 g/mol. The number of fused-ring (bicyclic) bond motifs is 1. The molecule has 0 aliphatic carbocycles. The van der Waals surface area contributed by atoms with Gasteiger partial charge in [-0.25, -0.2) is 4.98 Å². The Balaban J connectivity index is 1.33. The van der Waals surface area contributed by atoms with Gasteiger partial charge in [0.05, 0.1) is 11.9 Å². The summed E-state index contributed by atoms with van der Waals surface area (Å²) in [5, 5.41) is 2.90. The molecule has 152 valence electrons. The van der Waals surface area contributed by atoms with Crippen LogP contribution in [0.3, 0.4) is 0 Å². The molecule has 0 aliphatic rings. The fourth-order valence-corrected chi connectivity index (χ4v) is 2.88. The van der Waals surface area contributed by atoms with Crippen molar-refractivity contribution >= 4 is 23.0 Å². The van der Waals surface area contributed by atoms with E-state index in [0.29, 0.717) is 35.8 Å². The minimum absolute atomic E-state index is 0.107. The number of carbonyl (C=O) groups excluding carboxylic acids is 1. The highest BCUT2D eigenvalue weighted by Gasteiger charge is 2.10. The average molecular weight is 403 g/mol. The van der Waals surface area contributed by atoms with Crippen LogP contribution in [0, 0.1) is 0 Å². The summed E-state index contributed by atoms with van der Waals surface area (Å²) < 4.78 is 5.78. The average Bonchev–Trinajstić information content (AvgIpc) is 3.25. The zero-order valence-electron chi connectivity index (χ0n) is 16.4. The van der Waals surface area contributed by atoms with Crippen molar-refractivity contribution in [2.24, 2.45) is 0 Å². The SMILES string of the molecule is CCc1ccc(C(=O)NCc2ccc(COc3nc(N)nc4nc[nH]c34)cc2)cn1. The summed E-state index contributed by atoms with van der Waals surface area (Å²) in [6.45, 7) is 2.76. The largest absolute Gasteiger partial charge is 0.471 e. The maximum Gasteiger partial charge on any atom is 0.253 e. The van der Waals surface area contributed by atoms with Crippen molar-refractivity contribution in [3.63, 3.8) is 0 Å². The molecule has 4 rings (SSSR count). The Kier molecular flexibility index (Phi) is 5.51. The second kappa shape index (κ2) is 8.56. The Morgan fingerprint density at radius 2 is 1.90 bits per heavy atom. The molecule has 0 spiro atoms. The lowest BCUT2D eigenvalue weighted by atomic mass is 10.1. The second-order valence-corrected chi connectivity index (χ2v) is 6.67. The van der Waals surface area contributed by atoms with E-state index in [-0.39, 0.29) is 11.9 Å². The smallest absolute Gasteiger partial charge is 0.253 e. The first kappa shape index (κ1) is 19.3. The van der Waals surface area contributed by atoms with Gasteiger partial charge in [0.25, 0.3) is 5.91 Å². The monoisotopic (exact) mass is 403 g/mol. The van der Waals surface area contributed by atoms with Crippen LogP contribution < -0.4 is 15.8 Å². The Morgan fingerprint density at radius 1 is 1.10 bits per heavy atom. The van der Waals surface area contributed by atoms with Crippen molar-refractivity contribution < 1.29 is 9.53 Å². The van der Waals surface area contributed by atoms with E-state index in [1.165, 1.54) is 6.33 Å². The first-order valence-corrected chi connectivity index (χ1v) is 9.52. The van der Waals surface area contributed by atoms with Crippen molar-refractivity contribution in [1.29, 1.82) is 0 Å². The number of aromatic nitrogens is 5. The van der Waals surface area contributed by atoms with Crippen molar-refractivity contribution in [2.75, 3.05) is 5.73 Å². The molecule has 0 unspecified atom stereocenters. The molecule has 3 aromatic heterocycles. The van der Waals surface area contributed by atoms with Gasteiger partial charge in [0.1, 0.15) is 12.1 Å². The van der Waals surface area contributed by atoms with Gasteiger partial charge in [-0.1, -0.05) is 31.2 Å². The molecule has 1 amide bonds. The van der Waals surface area contributed by atoms with Gasteiger partial charge in [-0.05, 0) is 29.7 Å². The van der Waals surface area contributed by atoms with Gasteiger partial charge in [0, 0.05) is 18.4 Å². The molecule has 0 aliphatic heterocycles. The fraction of sp³-hybridized carbons (Fsp3) is 0.190. The highest BCUT2D eigenvalue weighted by Crippen LogP contribution is 2.20. The summed E-state index contributed by atoms with van der Waals surface area (Å²) in [6, 6.07) is 11.4. The first-order valence-electron chi connectivity index (χ1n) is 9.52. The van der Waals surface area contributed by atoms with Gasteiger partial charge >= 0.3 is 0 Å². The Bertz CT molecular complexity index is 1150. The second-order valence-electron chi connectivity index (χ2n) is 6.67. The summed E-state index contributed by atoms with van der Waals surface area (Å²) in [5.41, 5.74) is 10.2. The molecule has 3 heterocycles. The quantitative estimate of drug-likeness (QED) is 0.432. The molecule has 9 nitrogen and oxygen atoms in total. The van der Waals surface area contributed by atoms with Crippen LogP contribution in [0.25, 0.3) is 11.2 Å². The summed E-state index contributed by atoms with van der Waals surface area (Å²) in [4.78, 5) is 31.7. The predicted molar refractivity (Wildman–Crippen MR) is 112 cm³/mol. The number of rotatable bonds is 7. The van der Waals surface area contributed by atoms with Gasteiger partial charge < -0.3 is 20.8 Å². The van der Waals surface area contributed by atoms with Gasteiger partial charge in [-0.3, -0.25) is 9.78 Å². The number of nitrogens with one attached hydrogen (secondary N) is 2. The zero-order valence-corrected chi connectivity index (χ0v) is 16.4. The molecule has 0 radical (unpaired) electrons. The molecule has 0 saturated heterocycles. The Hall–Kier alpha value is -4.01. The summed E-state index contributed by atoms with van der Waals surface area (Å²) >= 11 is 0. The van der Waals surface area contributed by atoms with Gasteiger partial charge in [0.2, 0.25) is 11.8 Å². The number of imidazole rings is 1. The van der Waals surface area contributed by atoms with Crippen LogP contribution in [0.15, 0.2) is 48.9 Å². The molecule has 0 atom stereocenters. The van der Waals surface area contributed by atoms with Crippen LogP contribution in [0.5, 0.6) is 5.88 Å². The number of ether oxygens (including phenoxy) is 1. The molecule has 4 aromatic rings. The number of H-pyrrole nitrogens is 1. The van der Waals surface area contributed by atoms with E-state index in [9.17, 15) is 4.79 Å². The van der Waals surface area contributed by atoms with Crippen molar-refractivity contribution in [1.82, 2.24) is 30.2 Å². The number of nitrogens with two attached hydrogens (primary N) is 1. The third-order valence-corrected chi connectivity index (χ3v) is 4.57. The van der Waals surface area contributed by atoms with Crippen LogP contribution in [0.1, 0.15) is 34.1 Å². The van der Waals surface area contributed by atoms with E-state index in [4.69, 9.17) is 10.5 Å². The molecule has 0 fully saturated rings. The van der Waals surface area contributed by atoms with Crippen LogP contribution >= 0.6 is 0 Å². The molecule has 30 heavy (non-hydrogen) atoms. The number of hydrogen-bond donors (Lipinski definition) is 3. The number of amides is 1. The van der Waals surface area contributed by atoms with Crippen LogP contribution in [-0.2, 0) is 19.6 Å². The number of nitrogens with zero attached hydrogens (tertiary/aromatic N) is 4. The van der Waals surface area contributed by atoms with Crippen molar-refractivity contribution in [2.45, 2.75) is 26.5 Å². The van der Waals surface area contributed by atoms with Crippen LogP contribution in [-0.4, -0.2) is 30.8 Å². The molecule has 0 saturated carbocycles. The third kappa shape index (κ3) is 4.35. The van der Waals surface area contributed by atoms with E-state index in [0.717, 1.165) is 23.2 Å². The highest BCUT2D eigenvalue weighted by molar-refractivity contribution is 5.93. The number of carbonyl (C=O) groups is 1. The minimum atomic E-state index is -0.150. The molecular formula is C21H21N7O2. The Labute approximate surface area is 172 Å². The summed E-state index contributed by atoms with van der Waals surface area (Å²) in [6.07, 6.45) is 3.96. The van der Waals surface area contributed by atoms with Gasteiger partial charge in [-0.2, -0.15) is 9.97 Å².